The van der Waals surface area contributed by atoms with Gasteiger partial charge in [0.15, 0.2) is 5.78 Å². The molecule has 2 aliphatic heterocycles. The van der Waals surface area contributed by atoms with Gasteiger partial charge in [0.25, 0.3) is 0 Å². The second-order valence-electron chi connectivity index (χ2n) is 4.37. The molecule has 1 atom stereocenters. The van der Waals surface area contributed by atoms with Crippen molar-refractivity contribution in [3.8, 4) is 0 Å². The minimum absolute atomic E-state index is 0.233. The van der Waals surface area contributed by atoms with Crippen LogP contribution in [0.15, 0.2) is 11.1 Å². The van der Waals surface area contributed by atoms with Crippen molar-refractivity contribution in [3.63, 3.8) is 0 Å². The van der Waals surface area contributed by atoms with Crippen molar-refractivity contribution < 1.29 is 4.79 Å². The summed E-state index contributed by atoms with van der Waals surface area (Å²) >= 11 is 1.63. The number of fused-ring (bicyclic) bond motifs is 2. The van der Waals surface area contributed by atoms with Gasteiger partial charge in [-0.25, -0.2) is 0 Å². The van der Waals surface area contributed by atoms with Gasteiger partial charge in [0, 0.05) is 11.4 Å². The second kappa shape index (κ2) is 2.70. The quantitative estimate of drug-likeness (QED) is 0.729. The molecule has 1 aromatic heterocycles. The topological polar surface area (TPSA) is 41.5 Å². The van der Waals surface area contributed by atoms with E-state index in [9.17, 15) is 4.79 Å². The molecule has 1 aromatic rings. The number of thiophene rings is 1. The summed E-state index contributed by atoms with van der Waals surface area (Å²) in [5, 5.41) is 4.27. The van der Waals surface area contributed by atoms with Gasteiger partial charge in [0.1, 0.15) is 10.8 Å². The monoisotopic (exact) mass is 220 g/mol. The molecule has 0 bridgehead atoms. The van der Waals surface area contributed by atoms with E-state index in [1.54, 1.807) is 11.3 Å². The van der Waals surface area contributed by atoms with Crippen LogP contribution in [-0.2, 0) is 0 Å². The average molecular weight is 220 g/mol. The maximum absolute atomic E-state index is 12.3. The van der Waals surface area contributed by atoms with Crippen LogP contribution >= 0.6 is 11.3 Å². The zero-order chi connectivity index (χ0) is 10.6. The summed E-state index contributed by atoms with van der Waals surface area (Å²) in [5.74, 6) is 1.10. The Bertz CT molecular complexity index is 489. The van der Waals surface area contributed by atoms with Crippen LogP contribution in [-0.4, -0.2) is 18.2 Å². The van der Waals surface area contributed by atoms with Crippen LogP contribution in [0.4, 0.5) is 5.00 Å². The Labute approximate surface area is 92.2 Å². The third kappa shape index (κ3) is 1.05. The van der Waals surface area contributed by atoms with E-state index in [-0.39, 0.29) is 11.2 Å². The molecule has 0 fully saturated rings. The van der Waals surface area contributed by atoms with E-state index in [1.165, 1.54) is 4.88 Å². The van der Waals surface area contributed by atoms with E-state index in [2.05, 4.69) is 10.3 Å². The molecule has 15 heavy (non-hydrogen) atoms. The van der Waals surface area contributed by atoms with Crippen molar-refractivity contribution in [2.24, 2.45) is 10.4 Å². The number of hydrogen-bond donors (Lipinski definition) is 1. The first kappa shape index (κ1) is 9.09. The number of carbonyl (C=O) groups is 1. The summed E-state index contributed by atoms with van der Waals surface area (Å²) in [5.41, 5.74) is 0.460. The highest BCUT2D eigenvalue weighted by molar-refractivity contribution is 7.16. The number of nitrogens with one attached hydrogen (secondary N) is 1. The molecule has 3 rings (SSSR count). The van der Waals surface area contributed by atoms with Crippen molar-refractivity contribution in [2.75, 3.05) is 11.9 Å². The Hall–Kier alpha value is -1.16. The molecule has 0 spiro atoms. The van der Waals surface area contributed by atoms with Gasteiger partial charge in [-0.05, 0) is 26.3 Å². The van der Waals surface area contributed by atoms with E-state index in [4.69, 9.17) is 0 Å². The third-order valence-electron chi connectivity index (χ3n) is 3.24. The summed E-state index contributed by atoms with van der Waals surface area (Å²) < 4.78 is 0. The lowest BCUT2D eigenvalue weighted by atomic mass is 9.78. The third-order valence-corrected chi connectivity index (χ3v) is 4.20. The molecule has 0 aliphatic carbocycles. The number of aryl methyl sites for hydroxylation is 1. The van der Waals surface area contributed by atoms with Gasteiger partial charge in [-0.15, -0.1) is 11.3 Å². The molecule has 1 N–H and O–H groups in total. The number of hydrogen-bond acceptors (Lipinski definition) is 4. The normalized spacial score (nSPS) is 28.1. The maximum atomic E-state index is 12.3. The van der Waals surface area contributed by atoms with Crippen LogP contribution < -0.4 is 5.32 Å². The summed E-state index contributed by atoms with van der Waals surface area (Å²) in [6.07, 6.45) is 0.836. The largest absolute Gasteiger partial charge is 0.334 e. The second-order valence-corrected chi connectivity index (χ2v) is 5.62. The fourth-order valence-electron chi connectivity index (χ4n) is 2.26. The Morgan fingerprint density at radius 2 is 2.40 bits per heavy atom. The van der Waals surface area contributed by atoms with Gasteiger partial charge >= 0.3 is 0 Å². The molecule has 78 valence electrons. The van der Waals surface area contributed by atoms with E-state index in [0.717, 1.165) is 29.4 Å². The summed E-state index contributed by atoms with van der Waals surface area (Å²) in [6.45, 7) is 4.78. The molecule has 0 aromatic carbocycles. The van der Waals surface area contributed by atoms with E-state index < -0.39 is 0 Å². The van der Waals surface area contributed by atoms with E-state index in [0.29, 0.717) is 0 Å². The highest BCUT2D eigenvalue weighted by Crippen LogP contribution is 2.42. The Kier molecular flexibility index (Phi) is 1.63. The predicted molar refractivity (Wildman–Crippen MR) is 62.0 cm³/mol. The molecule has 0 radical (unpaired) electrons. The van der Waals surface area contributed by atoms with Gasteiger partial charge in [-0.2, -0.15) is 0 Å². The maximum Gasteiger partial charge on any atom is 0.179 e. The van der Waals surface area contributed by atoms with Gasteiger partial charge in [-0.1, -0.05) is 0 Å². The van der Waals surface area contributed by atoms with Gasteiger partial charge in [0.05, 0.1) is 11.0 Å². The van der Waals surface area contributed by atoms with Crippen LogP contribution in [0.25, 0.3) is 0 Å². The van der Waals surface area contributed by atoms with Gasteiger partial charge in [-0.3, -0.25) is 9.79 Å². The van der Waals surface area contributed by atoms with Gasteiger partial charge in [0.2, 0.25) is 0 Å². The number of rotatable bonds is 0. The minimum Gasteiger partial charge on any atom is -0.334 e. The van der Waals surface area contributed by atoms with E-state index in [1.807, 2.05) is 19.9 Å². The summed E-state index contributed by atoms with van der Waals surface area (Å²) in [4.78, 5) is 17.9. The molecule has 3 heterocycles. The number of Topliss-reactive ketones (excluding diaryl/α,β-unsaturated/α-hetero) is 1. The predicted octanol–water partition coefficient (Wildman–Crippen LogP) is 2.47. The Balaban J connectivity index is 2.20. The molecule has 0 saturated heterocycles. The van der Waals surface area contributed by atoms with Crippen LogP contribution in [0.1, 0.15) is 28.6 Å². The lowest BCUT2D eigenvalue weighted by molar-refractivity contribution is 0.0886. The van der Waals surface area contributed by atoms with Crippen LogP contribution in [0.2, 0.25) is 0 Å². The first-order chi connectivity index (χ1) is 7.11. The molecule has 2 aliphatic rings. The van der Waals surface area contributed by atoms with Crippen LogP contribution in [0.5, 0.6) is 0 Å². The summed E-state index contributed by atoms with van der Waals surface area (Å²) in [7, 11) is 0. The number of nitrogens with zero attached hydrogens (tertiary/aromatic N) is 1. The van der Waals surface area contributed by atoms with Crippen molar-refractivity contribution in [1.82, 2.24) is 0 Å². The molecule has 0 amide bonds. The smallest absolute Gasteiger partial charge is 0.179 e. The fraction of sp³-hybridized carbons (Fsp3) is 0.455. The first-order valence-electron chi connectivity index (χ1n) is 5.08. The molecular formula is C11H12N2OS. The van der Waals surface area contributed by atoms with Crippen LogP contribution in [0, 0.1) is 12.3 Å². The standard InChI is InChI=1S/C11H12N2OS/c1-6-5-7-8(14)11(2)3-4-12-10(11)13-9(7)15-6/h5H,3-4H2,1-2H3,(H,12,13). The van der Waals surface area contributed by atoms with Crippen molar-refractivity contribution in [1.29, 1.82) is 0 Å². The van der Waals surface area contributed by atoms with Crippen molar-refractivity contribution >= 4 is 28.0 Å². The molecule has 0 saturated carbocycles. The number of ketones is 1. The fourth-order valence-corrected chi connectivity index (χ4v) is 3.17. The zero-order valence-corrected chi connectivity index (χ0v) is 9.57. The number of anilines is 1. The Morgan fingerprint density at radius 3 is 3.20 bits per heavy atom. The highest BCUT2D eigenvalue weighted by Gasteiger charge is 2.46. The molecule has 1 unspecified atom stereocenters. The lowest BCUT2D eigenvalue weighted by Crippen LogP contribution is -2.41. The minimum atomic E-state index is -0.388. The number of aliphatic imine (C=N–C) groups is 1. The molecular weight excluding hydrogens is 208 g/mol. The number of carbonyl (C=O) groups excluding carboxylic acids is 1. The zero-order valence-electron chi connectivity index (χ0n) is 8.76. The van der Waals surface area contributed by atoms with Crippen LogP contribution in [0.3, 0.4) is 0 Å². The molecule has 3 nitrogen and oxygen atoms in total. The first-order valence-corrected chi connectivity index (χ1v) is 5.90. The number of amidine groups is 1. The average Bonchev–Trinajstić information content (AvgIpc) is 2.71. The highest BCUT2D eigenvalue weighted by atomic mass is 32.1. The van der Waals surface area contributed by atoms with Crippen molar-refractivity contribution in [3.05, 3.63) is 16.5 Å². The van der Waals surface area contributed by atoms with Gasteiger partial charge < -0.3 is 5.32 Å². The molecule has 4 heteroatoms. The van der Waals surface area contributed by atoms with Crippen molar-refractivity contribution in [2.45, 2.75) is 20.3 Å². The summed E-state index contributed by atoms with van der Waals surface area (Å²) in [6, 6.07) is 1.98. The van der Waals surface area contributed by atoms with E-state index >= 15 is 0 Å². The SMILES string of the molecule is Cc1cc2c(s1)NC1=NCCC1(C)C2=O. The lowest BCUT2D eigenvalue weighted by Gasteiger charge is -2.29. The Morgan fingerprint density at radius 1 is 1.60 bits per heavy atom.